The molecular weight excluding hydrogens is 284 g/mol. The van der Waals surface area contributed by atoms with Gasteiger partial charge in [-0.1, -0.05) is 28.1 Å². The van der Waals surface area contributed by atoms with Crippen LogP contribution < -0.4 is 0 Å². The third-order valence-corrected chi connectivity index (χ3v) is 4.04. The molecular formula is C12H18BrN2S+. The largest absolute Gasteiger partial charge is 0.307 e. The van der Waals surface area contributed by atoms with Gasteiger partial charge in [0.2, 0.25) is 0 Å². The summed E-state index contributed by atoms with van der Waals surface area (Å²) in [5, 5.41) is 1.27. The van der Waals surface area contributed by atoms with Crippen LogP contribution in [-0.4, -0.2) is 42.8 Å². The minimum Gasteiger partial charge on any atom is -0.262 e. The quantitative estimate of drug-likeness (QED) is 0.471. The normalized spacial score (nSPS) is 10.1. The van der Waals surface area contributed by atoms with Crippen molar-refractivity contribution in [3.63, 3.8) is 0 Å². The summed E-state index contributed by atoms with van der Waals surface area (Å²) in [6.07, 6.45) is 0. The number of halogens is 1. The first-order valence-electron chi connectivity index (χ1n) is 5.09. The van der Waals surface area contributed by atoms with Gasteiger partial charge < -0.3 is 0 Å². The van der Waals surface area contributed by atoms with E-state index in [0.717, 1.165) is 10.2 Å². The standard InChI is InChI=1S/C12H18BrN2S/c1-14(2)12(15(3)4)16-9-10-5-7-11(13)8-6-10/h5-8H,9H2,1-4H3/q+1. The fourth-order valence-corrected chi connectivity index (χ4v) is 2.66. The number of hydrogen-bond donors (Lipinski definition) is 0. The van der Waals surface area contributed by atoms with E-state index in [1.165, 1.54) is 10.7 Å². The molecule has 0 aliphatic rings. The molecule has 0 saturated heterocycles. The highest BCUT2D eigenvalue weighted by Gasteiger charge is 2.12. The van der Waals surface area contributed by atoms with E-state index < -0.39 is 0 Å². The Morgan fingerprint density at radius 2 is 1.81 bits per heavy atom. The summed E-state index contributed by atoms with van der Waals surface area (Å²) in [5.41, 5.74) is 1.34. The molecule has 1 rings (SSSR count). The molecule has 0 spiro atoms. The average Bonchev–Trinajstić information content (AvgIpc) is 2.20. The summed E-state index contributed by atoms with van der Waals surface area (Å²) < 4.78 is 3.27. The molecule has 0 aromatic heterocycles. The molecule has 0 bridgehead atoms. The van der Waals surface area contributed by atoms with Gasteiger partial charge in [0.25, 0.3) is 0 Å². The van der Waals surface area contributed by atoms with Crippen molar-refractivity contribution in [3.05, 3.63) is 34.3 Å². The molecule has 0 fully saturated rings. The smallest absolute Gasteiger partial charge is 0.262 e. The Hall–Kier alpha value is -0.480. The Morgan fingerprint density at radius 3 is 2.25 bits per heavy atom. The summed E-state index contributed by atoms with van der Waals surface area (Å²) in [5.74, 6) is 0.999. The molecule has 1 aromatic rings. The Bertz CT molecular complexity index is 367. The van der Waals surface area contributed by atoms with E-state index in [-0.39, 0.29) is 0 Å². The van der Waals surface area contributed by atoms with E-state index in [9.17, 15) is 0 Å². The molecule has 0 radical (unpaired) electrons. The Balaban J connectivity index is 2.63. The molecule has 0 aliphatic carbocycles. The number of nitrogens with zero attached hydrogens (tertiary/aromatic N) is 2. The third kappa shape index (κ3) is 4.18. The van der Waals surface area contributed by atoms with Gasteiger partial charge in [0.15, 0.2) is 0 Å². The van der Waals surface area contributed by atoms with Crippen LogP contribution in [0.25, 0.3) is 0 Å². The maximum Gasteiger partial charge on any atom is 0.307 e. The topological polar surface area (TPSA) is 6.25 Å². The highest BCUT2D eigenvalue weighted by Crippen LogP contribution is 2.17. The van der Waals surface area contributed by atoms with E-state index in [1.54, 1.807) is 0 Å². The van der Waals surface area contributed by atoms with Gasteiger partial charge in [-0.15, -0.1) is 0 Å². The molecule has 88 valence electrons. The molecule has 16 heavy (non-hydrogen) atoms. The predicted octanol–water partition coefficient (Wildman–Crippen LogP) is 2.87. The molecule has 0 heterocycles. The number of thioether (sulfide) groups is 1. The molecule has 0 amide bonds. The number of rotatable bonds is 2. The monoisotopic (exact) mass is 301 g/mol. The highest BCUT2D eigenvalue weighted by atomic mass is 79.9. The van der Waals surface area contributed by atoms with E-state index in [0.29, 0.717) is 0 Å². The lowest BCUT2D eigenvalue weighted by molar-refractivity contribution is -0.466. The van der Waals surface area contributed by atoms with Crippen LogP contribution in [0.4, 0.5) is 0 Å². The van der Waals surface area contributed by atoms with Crippen LogP contribution in [0, 0.1) is 0 Å². The number of amidine groups is 1. The van der Waals surface area contributed by atoms with E-state index in [4.69, 9.17) is 0 Å². The zero-order chi connectivity index (χ0) is 12.1. The van der Waals surface area contributed by atoms with Crippen molar-refractivity contribution in [3.8, 4) is 0 Å². The van der Waals surface area contributed by atoms with Gasteiger partial charge in [0.05, 0.1) is 28.2 Å². The van der Waals surface area contributed by atoms with Crippen LogP contribution in [0.1, 0.15) is 5.56 Å². The van der Waals surface area contributed by atoms with E-state index in [2.05, 4.69) is 77.9 Å². The van der Waals surface area contributed by atoms with Crippen LogP contribution in [0.15, 0.2) is 28.7 Å². The van der Waals surface area contributed by atoms with Gasteiger partial charge in [-0.25, -0.2) is 0 Å². The van der Waals surface area contributed by atoms with Gasteiger partial charge in [0, 0.05) is 10.2 Å². The third-order valence-electron chi connectivity index (χ3n) is 2.05. The summed E-state index contributed by atoms with van der Waals surface area (Å²) in [6, 6.07) is 8.47. The SMILES string of the molecule is CN(C)C(SCc1ccc(Br)cc1)=[N+](C)C. The van der Waals surface area contributed by atoms with Crippen molar-refractivity contribution in [2.75, 3.05) is 28.2 Å². The van der Waals surface area contributed by atoms with Gasteiger partial charge in [-0.3, -0.25) is 9.48 Å². The molecule has 4 heteroatoms. The fourth-order valence-electron chi connectivity index (χ4n) is 1.39. The van der Waals surface area contributed by atoms with Gasteiger partial charge >= 0.3 is 5.17 Å². The van der Waals surface area contributed by atoms with Gasteiger partial charge in [-0.2, -0.15) is 0 Å². The van der Waals surface area contributed by atoms with Crippen LogP contribution in [-0.2, 0) is 5.75 Å². The fraction of sp³-hybridized carbons (Fsp3) is 0.417. The second-order valence-corrected chi connectivity index (χ2v) is 5.84. The van der Waals surface area contributed by atoms with Crippen LogP contribution in [0.2, 0.25) is 0 Å². The number of hydrogen-bond acceptors (Lipinski definition) is 1. The maximum absolute atomic E-state index is 3.44. The second kappa shape index (κ2) is 6.30. The first-order chi connectivity index (χ1) is 7.50. The van der Waals surface area contributed by atoms with Crippen LogP contribution in [0.3, 0.4) is 0 Å². The van der Waals surface area contributed by atoms with Crippen molar-refractivity contribution in [2.24, 2.45) is 0 Å². The number of benzene rings is 1. The Morgan fingerprint density at radius 1 is 1.25 bits per heavy atom. The summed E-state index contributed by atoms with van der Waals surface area (Å²) >= 11 is 5.29. The molecule has 0 atom stereocenters. The molecule has 0 unspecified atom stereocenters. The van der Waals surface area contributed by atoms with Gasteiger partial charge in [-0.05, 0) is 29.5 Å². The summed E-state index contributed by atoms with van der Waals surface area (Å²) in [4.78, 5) is 2.14. The van der Waals surface area contributed by atoms with Crippen molar-refractivity contribution in [1.29, 1.82) is 0 Å². The van der Waals surface area contributed by atoms with Gasteiger partial charge in [0.1, 0.15) is 0 Å². The van der Waals surface area contributed by atoms with Crippen molar-refractivity contribution in [2.45, 2.75) is 5.75 Å². The zero-order valence-electron chi connectivity index (χ0n) is 10.2. The first kappa shape index (κ1) is 13.6. The molecule has 2 nitrogen and oxygen atoms in total. The van der Waals surface area contributed by atoms with Crippen LogP contribution in [0.5, 0.6) is 0 Å². The Kier molecular flexibility index (Phi) is 5.35. The lowest BCUT2D eigenvalue weighted by Crippen LogP contribution is -2.26. The predicted molar refractivity (Wildman–Crippen MR) is 76.2 cm³/mol. The molecule has 1 aromatic carbocycles. The summed E-state index contributed by atoms with van der Waals surface area (Å²) in [6.45, 7) is 0. The minimum absolute atomic E-state index is 0.999. The molecule has 0 saturated carbocycles. The van der Waals surface area contributed by atoms with E-state index in [1.807, 2.05) is 11.8 Å². The average molecular weight is 302 g/mol. The Labute approximate surface area is 110 Å². The molecule has 0 N–H and O–H groups in total. The highest BCUT2D eigenvalue weighted by molar-refractivity contribution is 9.10. The van der Waals surface area contributed by atoms with E-state index >= 15 is 0 Å². The minimum atomic E-state index is 0.999. The van der Waals surface area contributed by atoms with Crippen LogP contribution >= 0.6 is 27.7 Å². The first-order valence-corrected chi connectivity index (χ1v) is 6.87. The molecule has 0 aliphatic heterocycles. The lowest BCUT2D eigenvalue weighted by atomic mass is 10.2. The van der Waals surface area contributed by atoms with Crippen molar-refractivity contribution >= 4 is 32.9 Å². The van der Waals surface area contributed by atoms with Crippen molar-refractivity contribution < 1.29 is 4.58 Å². The summed E-state index contributed by atoms with van der Waals surface area (Å²) in [7, 11) is 8.29. The zero-order valence-corrected chi connectivity index (χ0v) is 12.6. The maximum atomic E-state index is 3.44. The lowest BCUT2D eigenvalue weighted by Gasteiger charge is -2.10. The van der Waals surface area contributed by atoms with Crippen molar-refractivity contribution in [1.82, 2.24) is 4.90 Å². The second-order valence-electron chi connectivity index (χ2n) is 3.99.